The molecule has 0 fully saturated rings. The van der Waals surface area contributed by atoms with E-state index in [-0.39, 0.29) is 0 Å². The Bertz CT molecular complexity index is 233. The Morgan fingerprint density at radius 3 is 2.55 bits per heavy atom. The van der Waals surface area contributed by atoms with E-state index in [1.807, 2.05) is 6.07 Å². The molecule has 57 valence electrons. The number of hydrogen-bond acceptors (Lipinski definition) is 2. The Balaban J connectivity index is 2.58. The largest absolute Gasteiger partial charge is 0.412 e. The predicted octanol–water partition coefficient (Wildman–Crippen LogP) is 1.57. The third kappa shape index (κ3) is 2.29. The van der Waals surface area contributed by atoms with Crippen molar-refractivity contribution in [1.82, 2.24) is 5.32 Å². The quantitative estimate of drug-likeness (QED) is 0.659. The first-order valence-corrected chi connectivity index (χ1v) is 3.13. The van der Waals surface area contributed by atoms with Crippen LogP contribution in [0.3, 0.4) is 0 Å². The second-order valence-corrected chi connectivity index (χ2v) is 1.88. The first-order valence-electron chi connectivity index (χ1n) is 3.13. The molecule has 3 nitrogen and oxygen atoms in total. The van der Waals surface area contributed by atoms with Crippen molar-refractivity contribution >= 4 is 6.09 Å². The molecule has 0 bridgehead atoms. The number of nitrogens with one attached hydrogen (secondary N) is 1. The van der Waals surface area contributed by atoms with E-state index in [4.69, 9.17) is 4.74 Å². The Kier molecular flexibility index (Phi) is 2.49. The van der Waals surface area contributed by atoms with Crippen LogP contribution >= 0.6 is 0 Å². The molecule has 0 saturated carbocycles. The summed E-state index contributed by atoms with van der Waals surface area (Å²) >= 11 is 0. The highest BCUT2D eigenvalue weighted by atomic mass is 16.5. The smallest absolute Gasteiger partial charge is 0.410 e. The van der Waals surface area contributed by atoms with E-state index < -0.39 is 6.09 Å². The molecule has 11 heavy (non-hydrogen) atoms. The van der Waals surface area contributed by atoms with Crippen molar-refractivity contribution in [3.8, 4) is 5.75 Å². The molecule has 1 amide bonds. The molecule has 1 rings (SSSR count). The minimum absolute atomic E-state index is 0.508. The van der Waals surface area contributed by atoms with Crippen LogP contribution in [-0.2, 0) is 0 Å². The van der Waals surface area contributed by atoms with Crippen LogP contribution in [0.5, 0.6) is 5.75 Å². The van der Waals surface area contributed by atoms with Crippen molar-refractivity contribution in [2.75, 3.05) is 0 Å². The highest BCUT2D eigenvalue weighted by Crippen LogP contribution is 2.07. The first-order chi connectivity index (χ1) is 5.33. The van der Waals surface area contributed by atoms with Gasteiger partial charge in [0.2, 0.25) is 0 Å². The number of benzene rings is 1. The van der Waals surface area contributed by atoms with Crippen molar-refractivity contribution in [2.45, 2.75) is 0 Å². The lowest BCUT2D eigenvalue weighted by molar-refractivity contribution is 0.204. The van der Waals surface area contributed by atoms with Gasteiger partial charge in [-0.25, -0.2) is 4.79 Å². The van der Waals surface area contributed by atoms with E-state index in [9.17, 15) is 4.79 Å². The lowest BCUT2D eigenvalue weighted by atomic mass is 10.3. The van der Waals surface area contributed by atoms with E-state index in [1.165, 1.54) is 0 Å². The van der Waals surface area contributed by atoms with Crippen LogP contribution in [0.15, 0.2) is 30.3 Å². The second-order valence-electron chi connectivity index (χ2n) is 1.88. The van der Waals surface area contributed by atoms with Gasteiger partial charge < -0.3 is 10.1 Å². The first kappa shape index (κ1) is 7.60. The van der Waals surface area contributed by atoms with Crippen LogP contribution in [0.2, 0.25) is 0 Å². The third-order valence-electron chi connectivity index (χ3n) is 1.10. The molecular formula is C8H8NO2. The number of rotatable bonds is 1. The van der Waals surface area contributed by atoms with Gasteiger partial charge in [-0.05, 0) is 12.1 Å². The third-order valence-corrected chi connectivity index (χ3v) is 1.10. The van der Waals surface area contributed by atoms with E-state index in [0.29, 0.717) is 5.75 Å². The van der Waals surface area contributed by atoms with E-state index in [2.05, 4.69) is 12.4 Å². The maximum Gasteiger partial charge on any atom is 0.412 e. The maximum absolute atomic E-state index is 10.6. The van der Waals surface area contributed by atoms with Crippen LogP contribution < -0.4 is 10.1 Å². The summed E-state index contributed by atoms with van der Waals surface area (Å²) in [7, 11) is 3.16. The van der Waals surface area contributed by atoms with Gasteiger partial charge in [-0.2, -0.15) is 0 Å². The Labute approximate surface area is 65.0 Å². The molecule has 0 aliphatic heterocycles. The van der Waals surface area contributed by atoms with Gasteiger partial charge in [0.15, 0.2) is 0 Å². The van der Waals surface area contributed by atoms with Gasteiger partial charge in [0, 0.05) is 7.05 Å². The fraction of sp³-hybridized carbons (Fsp3) is 0. The zero-order valence-corrected chi connectivity index (χ0v) is 5.91. The average Bonchev–Trinajstić information content (AvgIpc) is 2.06. The molecule has 1 aromatic carbocycles. The van der Waals surface area contributed by atoms with Crippen molar-refractivity contribution < 1.29 is 9.53 Å². The average molecular weight is 150 g/mol. The van der Waals surface area contributed by atoms with Crippen molar-refractivity contribution in [3.05, 3.63) is 37.4 Å². The minimum atomic E-state index is -0.559. The summed E-state index contributed by atoms with van der Waals surface area (Å²) in [4.78, 5) is 10.6. The molecule has 0 aliphatic carbocycles. The van der Waals surface area contributed by atoms with Gasteiger partial charge in [0.1, 0.15) is 5.75 Å². The molecule has 0 spiro atoms. The lowest BCUT2D eigenvalue weighted by Gasteiger charge is -2.00. The Hall–Kier alpha value is -1.51. The normalized spacial score (nSPS) is 8.82. The van der Waals surface area contributed by atoms with Gasteiger partial charge >= 0.3 is 6.09 Å². The second kappa shape index (κ2) is 3.61. The zero-order chi connectivity index (χ0) is 8.10. The highest BCUT2D eigenvalue weighted by Gasteiger charge is 1.97. The fourth-order valence-corrected chi connectivity index (χ4v) is 0.632. The summed E-state index contributed by atoms with van der Waals surface area (Å²) in [6.45, 7) is 0. The van der Waals surface area contributed by atoms with Gasteiger partial charge in [0.05, 0.1) is 0 Å². The Morgan fingerprint density at radius 1 is 1.36 bits per heavy atom. The lowest BCUT2D eigenvalue weighted by Crippen LogP contribution is -2.19. The molecule has 0 unspecified atom stereocenters. The SMILES string of the molecule is [CH2]NC(=O)Oc1ccccc1. The molecule has 0 saturated heterocycles. The van der Waals surface area contributed by atoms with Gasteiger partial charge in [-0.15, -0.1) is 0 Å². The fourth-order valence-electron chi connectivity index (χ4n) is 0.632. The van der Waals surface area contributed by atoms with Crippen LogP contribution in [0.4, 0.5) is 4.79 Å². The number of carbonyl (C=O) groups excluding carboxylic acids is 1. The van der Waals surface area contributed by atoms with E-state index in [0.717, 1.165) is 0 Å². The number of carbonyl (C=O) groups is 1. The summed E-state index contributed by atoms with van der Waals surface area (Å²) in [6, 6.07) is 8.79. The molecular weight excluding hydrogens is 142 g/mol. The standard InChI is InChI=1S/C8H8NO2/c1-9-8(10)11-7-5-3-2-4-6-7/h2-6H,1H2,(H,9,10). The van der Waals surface area contributed by atoms with E-state index in [1.54, 1.807) is 24.3 Å². The molecule has 0 atom stereocenters. The summed E-state index contributed by atoms with van der Waals surface area (Å²) in [6.07, 6.45) is -0.559. The van der Waals surface area contributed by atoms with Crippen LogP contribution in [0, 0.1) is 7.05 Å². The predicted molar refractivity (Wildman–Crippen MR) is 41.0 cm³/mol. The maximum atomic E-state index is 10.6. The number of ether oxygens (including phenoxy) is 1. The number of para-hydroxylation sites is 1. The van der Waals surface area contributed by atoms with Crippen molar-refractivity contribution in [2.24, 2.45) is 0 Å². The molecule has 3 heteroatoms. The number of hydrogen-bond donors (Lipinski definition) is 1. The molecule has 0 aromatic heterocycles. The van der Waals surface area contributed by atoms with Crippen LogP contribution in [0.25, 0.3) is 0 Å². The Morgan fingerprint density at radius 2 is 2.00 bits per heavy atom. The summed E-state index contributed by atoms with van der Waals surface area (Å²) < 4.78 is 4.75. The van der Waals surface area contributed by atoms with Gasteiger partial charge in [0.25, 0.3) is 0 Å². The van der Waals surface area contributed by atoms with Gasteiger partial charge in [-0.1, -0.05) is 18.2 Å². The monoisotopic (exact) mass is 150 g/mol. The highest BCUT2D eigenvalue weighted by molar-refractivity contribution is 5.70. The molecule has 1 N–H and O–H groups in total. The summed E-state index contributed by atoms with van der Waals surface area (Å²) in [5.74, 6) is 0.508. The summed E-state index contributed by atoms with van der Waals surface area (Å²) in [5, 5.41) is 2.10. The van der Waals surface area contributed by atoms with Crippen molar-refractivity contribution in [3.63, 3.8) is 0 Å². The van der Waals surface area contributed by atoms with Gasteiger partial charge in [-0.3, -0.25) is 0 Å². The molecule has 1 aromatic rings. The van der Waals surface area contributed by atoms with E-state index >= 15 is 0 Å². The van der Waals surface area contributed by atoms with Crippen LogP contribution in [-0.4, -0.2) is 6.09 Å². The topological polar surface area (TPSA) is 38.3 Å². The molecule has 0 heterocycles. The minimum Gasteiger partial charge on any atom is -0.410 e. The van der Waals surface area contributed by atoms with Crippen molar-refractivity contribution in [1.29, 1.82) is 0 Å². The summed E-state index contributed by atoms with van der Waals surface area (Å²) in [5.41, 5.74) is 0. The molecule has 1 radical (unpaired) electrons. The zero-order valence-electron chi connectivity index (χ0n) is 5.91. The van der Waals surface area contributed by atoms with Crippen LogP contribution in [0.1, 0.15) is 0 Å². The molecule has 0 aliphatic rings. The number of amides is 1.